The lowest BCUT2D eigenvalue weighted by Crippen LogP contribution is -2.58. The molecule has 53 heavy (non-hydrogen) atoms. The van der Waals surface area contributed by atoms with E-state index in [1.165, 1.54) is 6.07 Å². The molecule has 2 aromatic carbocycles. The zero-order valence-electron chi connectivity index (χ0n) is 29.4. The van der Waals surface area contributed by atoms with Crippen LogP contribution in [0.2, 0.25) is 5.02 Å². The number of likely N-dealkylation sites (tertiary alicyclic amines) is 2. The van der Waals surface area contributed by atoms with Gasteiger partial charge in [0.15, 0.2) is 0 Å². The monoisotopic (exact) mass is 762 g/mol. The fraction of sp³-hybridized carbons (Fsp3) is 0.556. The number of carbonyl (C=O) groups excluding carboxylic acids is 3. The van der Waals surface area contributed by atoms with Gasteiger partial charge in [0.05, 0.1) is 22.8 Å². The number of hydrogen-bond donors (Lipinski definition) is 4. The molecule has 5 amide bonds. The standard InChI is InChI=1S/C36H46ClF3N8O5/c37-28-20-23(19-27(32(28)41)36(38,39)40)21-30(33(51)46-10-6-25(7-11-46)45-17-15-44(16-18-45)22-31(49)50)43-34(52)47-12-8-26(9-13-47)48-14-5-24-3-1-2-4-29(24)42-35(48)53/h1-4,19-20,25-26,30H,5-18,21-22,41H2,(H,42,53)(H,43,52)(H,49,50)/t30-/m1/s1. The van der Waals surface area contributed by atoms with Gasteiger partial charge >= 0.3 is 24.2 Å². The maximum Gasteiger partial charge on any atom is 0.418 e. The second-order valence-corrected chi connectivity index (χ2v) is 14.7. The van der Waals surface area contributed by atoms with E-state index in [2.05, 4.69) is 15.5 Å². The van der Waals surface area contributed by atoms with Crippen LogP contribution < -0.4 is 16.4 Å². The molecule has 17 heteroatoms. The zero-order chi connectivity index (χ0) is 37.9. The van der Waals surface area contributed by atoms with Crippen molar-refractivity contribution in [3.8, 4) is 0 Å². The number of amides is 5. The highest BCUT2D eigenvalue weighted by molar-refractivity contribution is 6.33. The molecule has 0 radical (unpaired) electrons. The number of anilines is 2. The van der Waals surface area contributed by atoms with Crippen molar-refractivity contribution in [3.05, 3.63) is 58.1 Å². The number of piperazine rings is 1. The third kappa shape index (κ3) is 9.27. The summed E-state index contributed by atoms with van der Waals surface area (Å²) in [5.41, 5.74) is 5.91. The minimum Gasteiger partial charge on any atom is -0.480 e. The molecule has 288 valence electrons. The Morgan fingerprint density at radius 2 is 1.57 bits per heavy atom. The number of benzene rings is 2. The van der Waals surface area contributed by atoms with E-state index in [0.29, 0.717) is 77.9 Å². The summed E-state index contributed by atoms with van der Waals surface area (Å²) >= 11 is 6.13. The number of carboxylic acid groups (broad SMARTS) is 1. The number of para-hydroxylation sites is 1. The van der Waals surface area contributed by atoms with Crippen LogP contribution in [0, 0.1) is 0 Å². The number of aliphatic carboxylic acids is 1. The number of nitrogens with two attached hydrogens (primary N) is 1. The molecule has 3 saturated heterocycles. The van der Waals surface area contributed by atoms with Gasteiger partial charge in [0.1, 0.15) is 6.04 Å². The summed E-state index contributed by atoms with van der Waals surface area (Å²) in [6, 6.07) is 8.08. The van der Waals surface area contributed by atoms with E-state index in [0.717, 1.165) is 30.4 Å². The van der Waals surface area contributed by atoms with Gasteiger partial charge in [0, 0.05) is 83.1 Å². The lowest BCUT2D eigenvalue weighted by molar-refractivity contribution is -0.139. The predicted molar refractivity (Wildman–Crippen MR) is 193 cm³/mol. The highest BCUT2D eigenvalue weighted by Gasteiger charge is 2.38. The Kier molecular flexibility index (Phi) is 11.9. The second kappa shape index (κ2) is 16.4. The lowest BCUT2D eigenvalue weighted by atomic mass is 9.98. The molecule has 4 heterocycles. The van der Waals surface area contributed by atoms with Crippen molar-refractivity contribution in [1.82, 2.24) is 29.8 Å². The number of urea groups is 2. The Hall–Kier alpha value is -4.28. The van der Waals surface area contributed by atoms with Crippen molar-refractivity contribution in [2.75, 3.05) is 76.5 Å². The summed E-state index contributed by atoms with van der Waals surface area (Å²) in [6.07, 6.45) is -1.92. The van der Waals surface area contributed by atoms with Crippen molar-refractivity contribution in [2.45, 2.75) is 62.8 Å². The lowest BCUT2D eigenvalue weighted by Gasteiger charge is -2.43. The number of carboxylic acids is 1. The Balaban J connectivity index is 1.10. The van der Waals surface area contributed by atoms with Crippen LogP contribution in [-0.2, 0) is 28.6 Å². The average molecular weight is 763 g/mol. The van der Waals surface area contributed by atoms with E-state index in [-0.39, 0.29) is 41.7 Å². The molecule has 5 N–H and O–H groups in total. The van der Waals surface area contributed by atoms with Crippen LogP contribution in [-0.4, -0.2) is 137 Å². The fourth-order valence-corrected chi connectivity index (χ4v) is 8.21. The van der Waals surface area contributed by atoms with Gasteiger partial charge in [-0.2, -0.15) is 13.2 Å². The number of rotatable bonds is 8. The first-order valence-corrected chi connectivity index (χ1v) is 18.5. The van der Waals surface area contributed by atoms with Crippen LogP contribution in [0.15, 0.2) is 36.4 Å². The molecule has 13 nitrogen and oxygen atoms in total. The number of piperidine rings is 2. The Morgan fingerprint density at radius 3 is 2.23 bits per heavy atom. The van der Waals surface area contributed by atoms with Gasteiger partial charge in [-0.15, -0.1) is 0 Å². The van der Waals surface area contributed by atoms with Crippen LogP contribution in [0.3, 0.4) is 0 Å². The normalized spacial score (nSPS) is 20.4. The SMILES string of the molecule is Nc1c(Cl)cc(C[C@@H](NC(=O)N2CCC(N3CCc4ccccc4NC3=O)CC2)C(=O)N2CCC(N3CCN(CC(=O)O)CC3)CC2)cc1C(F)(F)F. The van der Waals surface area contributed by atoms with Gasteiger partial charge in [0.2, 0.25) is 5.91 Å². The Morgan fingerprint density at radius 1 is 0.925 bits per heavy atom. The van der Waals surface area contributed by atoms with Crippen LogP contribution in [0.25, 0.3) is 0 Å². The second-order valence-electron chi connectivity index (χ2n) is 14.3. The molecule has 4 aliphatic heterocycles. The zero-order valence-corrected chi connectivity index (χ0v) is 30.2. The average Bonchev–Trinajstić information content (AvgIpc) is 3.30. The number of nitrogens with zero attached hydrogens (tertiary/aromatic N) is 5. The van der Waals surface area contributed by atoms with E-state index in [4.69, 9.17) is 22.4 Å². The third-order valence-electron chi connectivity index (χ3n) is 10.9. The summed E-state index contributed by atoms with van der Waals surface area (Å²) < 4.78 is 41.5. The van der Waals surface area contributed by atoms with E-state index in [1.807, 2.05) is 34.1 Å². The van der Waals surface area contributed by atoms with E-state index < -0.39 is 41.4 Å². The van der Waals surface area contributed by atoms with Crippen LogP contribution in [0.4, 0.5) is 34.1 Å². The highest BCUT2D eigenvalue weighted by atomic mass is 35.5. The number of hydrogen-bond acceptors (Lipinski definition) is 7. The molecule has 3 fully saturated rings. The van der Waals surface area contributed by atoms with Gasteiger partial charge < -0.3 is 36.2 Å². The summed E-state index contributed by atoms with van der Waals surface area (Å²) in [5.74, 6) is -1.26. The minimum atomic E-state index is -4.77. The third-order valence-corrected chi connectivity index (χ3v) is 11.2. The predicted octanol–water partition coefficient (Wildman–Crippen LogP) is 3.81. The van der Waals surface area contributed by atoms with Crippen LogP contribution in [0.5, 0.6) is 0 Å². The number of halogens is 4. The number of nitrogen functional groups attached to an aromatic ring is 1. The summed E-state index contributed by atoms with van der Waals surface area (Å²) in [7, 11) is 0. The molecule has 0 unspecified atom stereocenters. The minimum absolute atomic E-state index is 0.000433. The first kappa shape index (κ1) is 38.4. The van der Waals surface area contributed by atoms with E-state index >= 15 is 0 Å². The van der Waals surface area contributed by atoms with Crippen molar-refractivity contribution in [1.29, 1.82) is 0 Å². The molecule has 1 atom stereocenters. The van der Waals surface area contributed by atoms with Crippen molar-refractivity contribution >= 4 is 46.9 Å². The number of alkyl halides is 3. The van der Waals surface area contributed by atoms with E-state index in [1.54, 1.807) is 9.80 Å². The van der Waals surface area contributed by atoms with Gasteiger partial charge in [0.25, 0.3) is 0 Å². The highest BCUT2D eigenvalue weighted by Crippen LogP contribution is 2.38. The molecule has 0 aromatic heterocycles. The van der Waals surface area contributed by atoms with Gasteiger partial charge in [-0.3, -0.25) is 19.4 Å². The number of carbonyl (C=O) groups is 4. The molecule has 0 bridgehead atoms. The molecule has 0 saturated carbocycles. The topological polar surface area (TPSA) is 155 Å². The van der Waals surface area contributed by atoms with Gasteiger partial charge in [-0.1, -0.05) is 29.8 Å². The first-order valence-electron chi connectivity index (χ1n) is 18.1. The number of fused-ring (bicyclic) bond motifs is 1. The molecule has 0 spiro atoms. The summed E-state index contributed by atoms with van der Waals surface area (Å²) in [5, 5.41) is 14.6. The molecule has 6 rings (SSSR count). The van der Waals surface area contributed by atoms with Crippen LogP contribution >= 0.6 is 11.6 Å². The van der Waals surface area contributed by atoms with E-state index in [9.17, 15) is 32.3 Å². The van der Waals surface area contributed by atoms with Gasteiger partial charge in [-0.25, -0.2) is 9.59 Å². The van der Waals surface area contributed by atoms with Crippen LogP contribution in [0.1, 0.15) is 42.4 Å². The Bertz CT molecular complexity index is 1670. The van der Waals surface area contributed by atoms with Crippen molar-refractivity contribution < 1.29 is 37.5 Å². The molecule has 0 aliphatic carbocycles. The molecular weight excluding hydrogens is 717 g/mol. The molecule has 4 aliphatic rings. The van der Waals surface area contributed by atoms with Crippen molar-refractivity contribution in [2.24, 2.45) is 0 Å². The fourth-order valence-electron chi connectivity index (χ4n) is 7.97. The van der Waals surface area contributed by atoms with Crippen molar-refractivity contribution in [3.63, 3.8) is 0 Å². The maximum atomic E-state index is 14.1. The maximum absolute atomic E-state index is 14.1. The summed E-state index contributed by atoms with van der Waals surface area (Å²) in [6.45, 7) is 4.70. The summed E-state index contributed by atoms with van der Waals surface area (Å²) in [4.78, 5) is 61.2. The van der Waals surface area contributed by atoms with Gasteiger partial charge in [-0.05, 0) is 61.4 Å². The smallest absolute Gasteiger partial charge is 0.418 e. The number of nitrogens with one attached hydrogen (secondary N) is 2. The first-order chi connectivity index (χ1) is 25.3. The largest absolute Gasteiger partial charge is 0.480 e. The quantitative estimate of drug-likeness (QED) is 0.296. The molecule has 2 aromatic rings. The molecular formula is C36H46ClF3N8O5. The Labute approximate surface area is 311 Å².